The van der Waals surface area contributed by atoms with Crippen LogP contribution in [-0.2, 0) is 6.54 Å². The van der Waals surface area contributed by atoms with Gasteiger partial charge in [0.2, 0.25) is 0 Å². The standard InChI is InChI=1S/C14H15ClN2O2/c1-9(2)7-17-8-11(14(18)19)13(16-17)10-5-3-4-6-12(10)15/h3-6,8-9H,7H2,1-2H3,(H,18,19). The van der Waals surface area contributed by atoms with Gasteiger partial charge in [-0.25, -0.2) is 4.79 Å². The summed E-state index contributed by atoms with van der Waals surface area (Å²) in [4.78, 5) is 11.3. The Kier molecular flexibility index (Phi) is 3.90. The van der Waals surface area contributed by atoms with Gasteiger partial charge < -0.3 is 5.11 Å². The topological polar surface area (TPSA) is 55.1 Å². The third kappa shape index (κ3) is 2.96. The summed E-state index contributed by atoms with van der Waals surface area (Å²) in [6, 6.07) is 7.12. The monoisotopic (exact) mass is 278 g/mol. The van der Waals surface area contributed by atoms with Gasteiger partial charge in [0.1, 0.15) is 11.3 Å². The number of benzene rings is 1. The molecule has 2 rings (SSSR count). The van der Waals surface area contributed by atoms with Crippen LogP contribution in [0.25, 0.3) is 11.3 Å². The predicted octanol–water partition coefficient (Wildman–Crippen LogP) is 3.56. The molecule has 0 atom stereocenters. The number of nitrogens with zero attached hydrogens (tertiary/aromatic N) is 2. The highest BCUT2D eigenvalue weighted by Gasteiger charge is 2.19. The summed E-state index contributed by atoms with van der Waals surface area (Å²) < 4.78 is 1.66. The first-order chi connectivity index (χ1) is 8.99. The summed E-state index contributed by atoms with van der Waals surface area (Å²) in [5, 5.41) is 14.1. The van der Waals surface area contributed by atoms with Crippen LogP contribution in [0.5, 0.6) is 0 Å². The normalized spacial score (nSPS) is 10.9. The van der Waals surface area contributed by atoms with E-state index in [1.807, 2.05) is 6.07 Å². The SMILES string of the molecule is CC(C)Cn1cc(C(=O)O)c(-c2ccccc2Cl)n1. The Morgan fingerprint density at radius 2 is 2.11 bits per heavy atom. The molecule has 1 aromatic carbocycles. The highest BCUT2D eigenvalue weighted by molar-refractivity contribution is 6.33. The van der Waals surface area contributed by atoms with Gasteiger partial charge >= 0.3 is 5.97 Å². The zero-order valence-electron chi connectivity index (χ0n) is 10.8. The van der Waals surface area contributed by atoms with Gasteiger partial charge in [-0.05, 0) is 12.0 Å². The van der Waals surface area contributed by atoms with Crippen molar-refractivity contribution < 1.29 is 9.90 Å². The molecule has 0 aliphatic heterocycles. The smallest absolute Gasteiger partial charge is 0.339 e. The number of hydrogen-bond acceptors (Lipinski definition) is 2. The molecule has 100 valence electrons. The van der Waals surface area contributed by atoms with E-state index in [9.17, 15) is 9.90 Å². The second kappa shape index (κ2) is 5.45. The van der Waals surface area contributed by atoms with Gasteiger partial charge in [0, 0.05) is 18.3 Å². The highest BCUT2D eigenvalue weighted by atomic mass is 35.5. The largest absolute Gasteiger partial charge is 0.478 e. The average molecular weight is 279 g/mol. The molecule has 0 saturated carbocycles. The van der Waals surface area contributed by atoms with Crippen LogP contribution in [0.2, 0.25) is 5.02 Å². The molecule has 1 heterocycles. The van der Waals surface area contributed by atoms with E-state index in [1.54, 1.807) is 29.1 Å². The van der Waals surface area contributed by atoms with Crippen molar-refractivity contribution in [2.45, 2.75) is 20.4 Å². The van der Waals surface area contributed by atoms with Crippen molar-refractivity contribution in [2.24, 2.45) is 5.92 Å². The molecule has 0 unspecified atom stereocenters. The molecule has 2 aromatic rings. The van der Waals surface area contributed by atoms with Crippen LogP contribution in [-0.4, -0.2) is 20.9 Å². The zero-order valence-corrected chi connectivity index (χ0v) is 11.6. The summed E-state index contributed by atoms with van der Waals surface area (Å²) in [6.45, 7) is 4.78. The maximum Gasteiger partial charge on any atom is 0.339 e. The number of halogens is 1. The summed E-state index contributed by atoms with van der Waals surface area (Å²) in [7, 11) is 0. The van der Waals surface area contributed by atoms with Gasteiger partial charge in [-0.15, -0.1) is 0 Å². The molecule has 0 radical (unpaired) electrons. The summed E-state index contributed by atoms with van der Waals surface area (Å²) in [6.07, 6.45) is 1.56. The first-order valence-electron chi connectivity index (χ1n) is 6.04. The quantitative estimate of drug-likeness (QED) is 0.930. The van der Waals surface area contributed by atoms with Crippen molar-refractivity contribution in [3.05, 3.63) is 41.0 Å². The molecule has 0 amide bonds. The molecule has 1 N–H and O–H groups in total. The maximum atomic E-state index is 11.3. The van der Waals surface area contributed by atoms with E-state index in [1.165, 1.54) is 0 Å². The summed E-state index contributed by atoms with van der Waals surface area (Å²) in [5.74, 6) is -0.606. The van der Waals surface area contributed by atoms with Crippen LogP contribution in [0, 0.1) is 5.92 Å². The fraction of sp³-hybridized carbons (Fsp3) is 0.286. The fourth-order valence-corrected chi connectivity index (χ4v) is 2.12. The van der Waals surface area contributed by atoms with E-state index in [2.05, 4.69) is 18.9 Å². The maximum absolute atomic E-state index is 11.3. The molecule has 19 heavy (non-hydrogen) atoms. The van der Waals surface area contributed by atoms with Crippen molar-refractivity contribution in [1.82, 2.24) is 9.78 Å². The first-order valence-corrected chi connectivity index (χ1v) is 6.42. The molecule has 0 aliphatic carbocycles. The minimum atomic E-state index is -0.995. The van der Waals surface area contributed by atoms with Crippen molar-refractivity contribution in [3.63, 3.8) is 0 Å². The Labute approximate surface area is 116 Å². The van der Waals surface area contributed by atoms with Gasteiger partial charge in [0.15, 0.2) is 0 Å². The zero-order chi connectivity index (χ0) is 14.0. The van der Waals surface area contributed by atoms with Crippen molar-refractivity contribution in [1.29, 1.82) is 0 Å². The highest BCUT2D eigenvalue weighted by Crippen LogP contribution is 2.29. The molecule has 0 bridgehead atoms. The predicted molar refractivity (Wildman–Crippen MR) is 74.5 cm³/mol. The number of aromatic carboxylic acids is 1. The summed E-state index contributed by atoms with van der Waals surface area (Å²) >= 11 is 6.11. The number of aromatic nitrogens is 2. The van der Waals surface area contributed by atoms with Crippen LogP contribution in [0.15, 0.2) is 30.5 Å². The Bertz CT molecular complexity index is 605. The molecule has 1 aromatic heterocycles. The minimum Gasteiger partial charge on any atom is -0.478 e. The third-order valence-corrected chi connectivity index (χ3v) is 3.00. The second-order valence-electron chi connectivity index (χ2n) is 4.79. The Balaban J connectivity index is 2.52. The number of rotatable bonds is 4. The lowest BCUT2D eigenvalue weighted by Crippen LogP contribution is -2.04. The second-order valence-corrected chi connectivity index (χ2v) is 5.20. The fourth-order valence-electron chi connectivity index (χ4n) is 1.90. The van der Waals surface area contributed by atoms with E-state index >= 15 is 0 Å². The number of hydrogen-bond donors (Lipinski definition) is 1. The van der Waals surface area contributed by atoms with Crippen molar-refractivity contribution in [2.75, 3.05) is 0 Å². The van der Waals surface area contributed by atoms with E-state index < -0.39 is 5.97 Å². The Hall–Kier alpha value is -1.81. The van der Waals surface area contributed by atoms with Gasteiger partial charge in [-0.2, -0.15) is 5.10 Å². The summed E-state index contributed by atoms with van der Waals surface area (Å²) in [5.41, 5.74) is 1.23. The molecular formula is C14H15ClN2O2. The van der Waals surface area contributed by atoms with Gasteiger partial charge in [-0.3, -0.25) is 4.68 Å². The van der Waals surface area contributed by atoms with Crippen LogP contribution >= 0.6 is 11.6 Å². The molecule has 0 saturated heterocycles. The van der Waals surface area contributed by atoms with E-state index in [0.717, 1.165) is 0 Å². The molecule has 4 nitrogen and oxygen atoms in total. The van der Waals surface area contributed by atoms with Crippen LogP contribution in [0.3, 0.4) is 0 Å². The number of carbonyl (C=O) groups is 1. The Morgan fingerprint density at radius 3 is 2.68 bits per heavy atom. The van der Waals surface area contributed by atoms with Crippen molar-refractivity contribution in [3.8, 4) is 11.3 Å². The third-order valence-electron chi connectivity index (χ3n) is 2.67. The van der Waals surface area contributed by atoms with E-state index in [-0.39, 0.29) is 5.56 Å². The molecular weight excluding hydrogens is 264 g/mol. The average Bonchev–Trinajstić information content (AvgIpc) is 2.72. The van der Waals surface area contributed by atoms with Gasteiger partial charge in [0.25, 0.3) is 0 Å². The number of carboxylic acid groups (broad SMARTS) is 1. The minimum absolute atomic E-state index is 0.175. The molecule has 0 fully saturated rings. The van der Waals surface area contributed by atoms with E-state index in [4.69, 9.17) is 11.6 Å². The molecule has 0 spiro atoms. The van der Waals surface area contributed by atoms with Gasteiger partial charge in [-0.1, -0.05) is 43.6 Å². The molecule has 0 aliphatic rings. The lowest BCUT2D eigenvalue weighted by Gasteiger charge is -2.04. The number of carboxylic acids is 1. The Morgan fingerprint density at radius 1 is 1.42 bits per heavy atom. The molecule has 5 heteroatoms. The van der Waals surface area contributed by atoms with Crippen molar-refractivity contribution >= 4 is 17.6 Å². The van der Waals surface area contributed by atoms with Crippen LogP contribution < -0.4 is 0 Å². The lowest BCUT2D eigenvalue weighted by molar-refractivity contribution is 0.0697. The van der Waals surface area contributed by atoms with Crippen LogP contribution in [0.1, 0.15) is 24.2 Å². The van der Waals surface area contributed by atoms with Gasteiger partial charge in [0.05, 0.1) is 5.02 Å². The first kappa shape index (κ1) is 13.6. The lowest BCUT2D eigenvalue weighted by atomic mass is 10.1. The van der Waals surface area contributed by atoms with Crippen LogP contribution in [0.4, 0.5) is 0 Å². The van der Waals surface area contributed by atoms with E-state index in [0.29, 0.717) is 28.7 Å².